The number of aliphatic hydroxyl groups is 1. The van der Waals surface area contributed by atoms with Crippen molar-refractivity contribution < 1.29 is 5.11 Å². The number of fused-ring (bicyclic) bond motifs is 1. The van der Waals surface area contributed by atoms with Gasteiger partial charge in [-0.1, -0.05) is 18.2 Å². The normalized spacial score (nSPS) is 20.4. The largest absolute Gasteiger partial charge is 0.395 e. The van der Waals surface area contributed by atoms with Crippen molar-refractivity contribution in [2.45, 2.75) is 19.0 Å². The van der Waals surface area contributed by atoms with Crippen LogP contribution in [-0.4, -0.2) is 47.3 Å². The molecule has 0 amide bonds. The highest BCUT2D eigenvalue weighted by Crippen LogP contribution is 2.21. The lowest BCUT2D eigenvalue weighted by Crippen LogP contribution is -2.34. The molecular weight excluding hydrogens is 238 g/mol. The first-order valence-corrected chi connectivity index (χ1v) is 6.98. The summed E-state index contributed by atoms with van der Waals surface area (Å²) in [6.07, 6.45) is 3.29. The highest BCUT2D eigenvalue weighted by molar-refractivity contribution is 5.82. The maximum absolute atomic E-state index is 8.84. The average Bonchev–Trinajstić information content (AvgIpc) is 3.05. The first-order chi connectivity index (χ1) is 9.36. The molecule has 1 saturated heterocycles. The first-order valence-electron chi connectivity index (χ1n) is 6.98. The van der Waals surface area contributed by atoms with Crippen LogP contribution in [0.25, 0.3) is 10.9 Å². The third-order valence-electron chi connectivity index (χ3n) is 3.89. The van der Waals surface area contributed by atoms with Gasteiger partial charge in [0.2, 0.25) is 0 Å². The Bertz CT molecular complexity index is 537. The van der Waals surface area contributed by atoms with E-state index in [0.29, 0.717) is 12.6 Å². The van der Waals surface area contributed by atoms with Crippen LogP contribution in [0, 0.1) is 0 Å². The second kappa shape index (κ2) is 5.74. The number of H-pyrrole nitrogens is 1. The van der Waals surface area contributed by atoms with Gasteiger partial charge in [-0.25, -0.2) is 0 Å². The van der Waals surface area contributed by atoms with Gasteiger partial charge in [0, 0.05) is 49.3 Å². The van der Waals surface area contributed by atoms with Crippen molar-refractivity contribution in [2.24, 2.45) is 0 Å². The number of benzene rings is 1. The van der Waals surface area contributed by atoms with Gasteiger partial charge in [0.15, 0.2) is 0 Å². The smallest absolute Gasteiger partial charge is 0.0556 e. The van der Waals surface area contributed by atoms with Crippen LogP contribution in [0.4, 0.5) is 0 Å². The Hall–Kier alpha value is -1.36. The van der Waals surface area contributed by atoms with E-state index < -0.39 is 0 Å². The van der Waals surface area contributed by atoms with Gasteiger partial charge in [0.25, 0.3) is 0 Å². The molecule has 4 heteroatoms. The van der Waals surface area contributed by atoms with Crippen LogP contribution in [0.3, 0.4) is 0 Å². The van der Waals surface area contributed by atoms with Gasteiger partial charge in [-0.05, 0) is 18.1 Å². The van der Waals surface area contributed by atoms with Crippen LogP contribution < -0.4 is 5.32 Å². The Labute approximate surface area is 113 Å². The lowest BCUT2D eigenvalue weighted by atomic mass is 10.1. The zero-order valence-corrected chi connectivity index (χ0v) is 11.1. The minimum Gasteiger partial charge on any atom is -0.395 e. The van der Waals surface area contributed by atoms with Crippen molar-refractivity contribution in [3.8, 4) is 0 Å². The summed E-state index contributed by atoms with van der Waals surface area (Å²) in [6, 6.07) is 8.98. The maximum Gasteiger partial charge on any atom is 0.0556 e. The summed E-state index contributed by atoms with van der Waals surface area (Å²) in [5.74, 6) is 0. The fourth-order valence-electron chi connectivity index (χ4n) is 2.91. The molecule has 1 aliphatic rings. The van der Waals surface area contributed by atoms with Crippen molar-refractivity contribution in [3.05, 3.63) is 36.0 Å². The molecular formula is C15H21N3O. The number of aromatic amines is 1. The van der Waals surface area contributed by atoms with E-state index in [0.717, 1.165) is 19.6 Å². The highest BCUT2D eigenvalue weighted by Gasteiger charge is 2.22. The van der Waals surface area contributed by atoms with Crippen molar-refractivity contribution in [1.29, 1.82) is 0 Å². The Morgan fingerprint density at radius 3 is 3.16 bits per heavy atom. The fraction of sp³-hybridized carbons (Fsp3) is 0.467. The number of aromatic nitrogens is 1. The van der Waals surface area contributed by atoms with Crippen LogP contribution in [0.2, 0.25) is 0 Å². The Kier molecular flexibility index (Phi) is 3.82. The number of nitrogens with one attached hydrogen (secondary N) is 2. The molecule has 102 valence electrons. The summed E-state index contributed by atoms with van der Waals surface area (Å²) >= 11 is 0. The van der Waals surface area contributed by atoms with Crippen LogP contribution >= 0.6 is 0 Å². The zero-order chi connectivity index (χ0) is 13.1. The lowest BCUT2D eigenvalue weighted by molar-refractivity contribution is 0.278. The second-order valence-electron chi connectivity index (χ2n) is 5.26. The molecule has 1 atom stereocenters. The van der Waals surface area contributed by atoms with E-state index in [9.17, 15) is 0 Å². The Morgan fingerprint density at radius 1 is 1.37 bits per heavy atom. The number of aliphatic hydroxyl groups excluding tert-OH is 1. The molecule has 1 aliphatic heterocycles. The van der Waals surface area contributed by atoms with Gasteiger partial charge in [-0.2, -0.15) is 0 Å². The standard InChI is InChI=1S/C15H21N3O/c19-8-6-16-13-5-7-18(11-13)10-12-9-17-15-4-2-1-3-14(12)15/h1-4,9,13,16-17,19H,5-8,10-11H2. The molecule has 0 bridgehead atoms. The van der Waals surface area contributed by atoms with Crippen molar-refractivity contribution in [2.75, 3.05) is 26.2 Å². The topological polar surface area (TPSA) is 51.3 Å². The molecule has 1 unspecified atom stereocenters. The fourth-order valence-corrected chi connectivity index (χ4v) is 2.91. The average molecular weight is 259 g/mol. The lowest BCUT2D eigenvalue weighted by Gasteiger charge is -2.16. The van der Waals surface area contributed by atoms with E-state index in [2.05, 4.69) is 45.7 Å². The van der Waals surface area contributed by atoms with E-state index in [1.165, 1.54) is 22.9 Å². The number of rotatable bonds is 5. The van der Waals surface area contributed by atoms with Gasteiger partial charge in [0.1, 0.15) is 0 Å². The molecule has 19 heavy (non-hydrogen) atoms. The number of likely N-dealkylation sites (tertiary alicyclic amines) is 1. The molecule has 0 spiro atoms. The second-order valence-corrected chi connectivity index (χ2v) is 5.26. The van der Waals surface area contributed by atoms with Crippen molar-refractivity contribution >= 4 is 10.9 Å². The predicted octanol–water partition coefficient (Wildman–Crippen LogP) is 1.32. The molecule has 0 aliphatic carbocycles. The summed E-state index contributed by atoms with van der Waals surface area (Å²) in [6.45, 7) is 4.12. The number of hydrogen-bond acceptors (Lipinski definition) is 3. The monoisotopic (exact) mass is 259 g/mol. The van der Waals surface area contributed by atoms with E-state index in [4.69, 9.17) is 5.11 Å². The molecule has 2 heterocycles. The molecule has 0 saturated carbocycles. The van der Waals surface area contributed by atoms with Gasteiger partial charge >= 0.3 is 0 Å². The summed E-state index contributed by atoms with van der Waals surface area (Å²) in [4.78, 5) is 5.81. The van der Waals surface area contributed by atoms with E-state index in [1.54, 1.807) is 0 Å². The van der Waals surface area contributed by atoms with Gasteiger partial charge < -0.3 is 15.4 Å². The van der Waals surface area contributed by atoms with Crippen LogP contribution in [0.15, 0.2) is 30.5 Å². The molecule has 3 rings (SSSR count). The summed E-state index contributed by atoms with van der Waals surface area (Å²) in [7, 11) is 0. The van der Waals surface area contributed by atoms with E-state index in [-0.39, 0.29) is 6.61 Å². The van der Waals surface area contributed by atoms with Crippen molar-refractivity contribution in [1.82, 2.24) is 15.2 Å². The molecule has 1 fully saturated rings. The summed E-state index contributed by atoms with van der Waals surface area (Å²) in [5.41, 5.74) is 2.59. The van der Waals surface area contributed by atoms with E-state index >= 15 is 0 Å². The minimum atomic E-state index is 0.221. The summed E-state index contributed by atoms with van der Waals surface area (Å²) in [5, 5.41) is 13.5. The van der Waals surface area contributed by atoms with Gasteiger partial charge in [-0.15, -0.1) is 0 Å². The number of nitrogens with zero attached hydrogens (tertiary/aromatic N) is 1. The molecule has 1 aromatic carbocycles. The van der Waals surface area contributed by atoms with Gasteiger partial charge in [-0.3, -0.25) is 4.90 Å². The molecule has 2 aromatic rings. The van der Waals surface area contributed by atoms with Crippen molar-refractivity contribution in [3.63, 3.8) is 0 Å². The SMILES string of the molecule is OCCNC1CCN(Cc2c[nH]c3ccccc23)C1. The van der Waals surface area contributed by atoms with Crippen LogP contribution in [0.5, 0.6) is 0 Å². The maximum atomic E-state index is 8.84. The third kappa shape index (κ3) is 2.81. The minimum absolute atomic E-state index is 0.221. The summed E-state index contributed by atoms with van der Waals surface area (Å²) < 4.78 is 0. The third-order valence-corrected chi connectivity index (χ3v) is 3.89. The van der Waals surface area contributed by atoms with E-state index in [1.807, 2.05) is 0 Å². The van der Waals surface area contributed by atoms with Crippen LogP contribution in [0.1, 0.15) is 12.0 Å². The molecule has 3 N–H and O–H groups in total. The molecule has 0 radical (unpaired) electrons. The predicted molar refractivity (Wildman–Crippen MR) is 77.1 cm³/mol. The zero-order valence-electron chi connectivity index (χ0n) is 11.1. The molecule has 1 aromatic heterocycles. The first kappa shape index (κ1) is 12.7. The Balaban J connectivity index is 1.63. The van der Waals surface area contributed by atoms with Crippen LogP contribution in [-0.2, 0) is 6.54 Å². The number of hydrogen-bond donors (Lipinski definition) is 3. The van der Waals surface area contributed by atoms with Gasteiger partial charge in [0.05, 0.1) is 6.61 Å². The highest BCUT2D eigenvalue weighted by atomic mass is 16.3. The quantitative estimate of drug-likeness (QED) is 0.759. The number of para-hydroxylation sites is 1. The Morgan fingerprint density at radius 2 is 2.26 bits per heavy atom. The molecule has 4 nitrogen and oxygen atoms in total.